The second-order valence-electron chi connectivity index (χ2n) is 4.15. The lowest BCUT2D eigenvalue weighted by molar-refractivity contribution is 0.623. The third-order valence-electron chi connectivity index (χ3n) is 2.91. The fourth-order valence-corrected chi connectivity index (χ4v) is 1.93. The van der Waals surface area contributed by atoms with E-state index < -0.39 is 0 Å². The lowest BCUT2D eigenvalue weighted by atomic mass is 10.1. The Bertz CT molecular complexity index is 751. The predicted octanol–water partition coefficient (Wildman–Crippen LogP) is 1.25. The van der Waals surface area contributed by atoms with Crippen molar-refractivity contribution in [2.24, 2.45) is 0 Å². The molecule has 0 spiro atoms. The van der Waals surface area contributed by atoms with Gasteiger partial charge in [-0.25, -0.2) is 14.4 Å². The van der Waals surface area contributed by atoms with Gasteiger partial charge < -0.3 is 16.5 Å². The molecule has 0 saturated carbocycles. The number of hydrogen-bond donors (Lipinski definition) is 3. The van der Waals surface area contributed by atoms with Crippen LogP contribution >= 0.6 is 0 Å². The standard InChI is InChI=1S/C12H11FN6/c13-9-6(1-2-8-10(9)18-5-17-8)3-7-4-16-12(15)19-11(7)14/h1-2,4-5H,3H2,(H,17,18)(H4,14,15,16,19). The summed E-state index contributed by atoms with van der Waals surface area (Å²) < 4.78 is 14.2. The van der Waals surface area contributed by atoms with Gasteiger partial charge in [0, 0.05) is 18.2 Å². The average molecular weight is 258 g/mol. The molecule has 0 radical (unpaired) electrons. The first-order chi connectivity index (χ1) is 9.15. The Morgan fingerprint density at radius 3 is 2.79 bits per heavy atom. The summed E-state index contributed by atoms with van der Waals surface area (Å²) in [6, 6.07) is 3.46. The van der Waals surface area contributed by atoms with E-state index in [1.165, 1.54) is 12.5 Å². The zero-order valence-electron chi connectivity index (χ0n) is 9.89. The lowest BCUT2D eigenvalue weighted by Crippen LogP contribution is -2.04. The number of aromatic nitrogens is 4. The number of nitrogen functional groups attached to an aromatic ring is 2. The van der Waals surface area contributed by atoms with Crippen molar-refractivity contribution in [2.75, 3.05) is 11.5 Å². The number of benzene rings is 1. The molecule has 6 nitrogen and oxygen atoms in total. The molecule has 0 aliphatic heterocycles. The van der Waals surface area contributed by atoms with Crippen LogP contribution in [0.15, 0.2) is 24.7 Å². The Morgan fingerprint density at radius 1 is 1.16 bits per heavy atom. The van der Waals surface area contributed by atoms with Crippen LogP contribution in [0.4, 0.5) is 16.2 Å². The summed E-state index contributed by atoms with van der Waals surface area (Å²) in [6.07, 6.45) is 3.25. The smallest absolute Gasteiger partial charge is 0.221 e. The molecule has 0 aliphatic rings. The van der Waals surface area contributed by atoms with Gasteiger partial charge in [0.15, 0.2) is 5.82 Å². The van der Waals surface area contributed by atoms with E-state index in [-0.39, 0.29) is 17.6 Å². The van der Waals surface area contributed by atoms with Crippen LogP contribution < -0.4 is 11.5 Å². The third kappa shape index (κ3) is 1.95. The topological polar surface area (TPSA) is 106 Å². The molecule has 0 aliphatic carbocycles. The molecule has 0 unspecified atom stereocenters. The van der Waals surface area contributed by atoms with Gasteiger partial charge in [0.1, 0.15) is 11.3 Å². The van der Waals surface area contributed by atoms with Crippen LogP contribution in [-0.2, 0) is 6.42 Å². The molecular weight excluding hydrogens is 247 g/mol. The van der Waals surface area contributed by atoms with Crippen molar-refractivity contribution in [1.29, 1.82) is 0 Å². The Hall–Kier alpha value is -2.70. The van der Waals surface area contributed by atoms with Gasteiger partial charge in [0.25, 0.3) is 0 Å². The number of anilines is 2. The predicted molar refractivity (Wildman–Crippen MR) is 69.7 cm³/mol. The molecule has 1 aromatic carbocycles. The SMILES string of the molecule is Nc1ncc(Cc2ccc3[nH]cnc3c2F)c(N)n1. The summed E-state index contributed by atoms with van der Waals surface area (Å²) in [6.45, 7) is 0. The number of fused-ring (bicyclic) bond motifs is 1. The minimum Gasteiger partial charge on any atom is -0.383 e. The number of imidazole rings is 1. The molecule has 0 amide bonds. The highest BCUT2D eigenvalue weighted by Gasteiger charge is 2.12. The van der Waals surface area contributed by atoms with E-state index in [0.717, 1.165) is 0 Å². The molecule has 2 heterocycles. The van der Waals surface area contributed by atoms with Crippen LogP contribution in [0, 0.1) is 5.82 Å². The van der Waals surface area contributed by atoms with Gasteiger partial charge in [-0.2, -0.15) is 4.98 Å². The summed E-state index contributed by atoms with van der Waals surface area (Å²) in [4.78, 5) is 14.5. The fourth-order valence-electron chi connectivity index (χ4n) is 1.93. The van der Waals surface area contributed by atoms with Crippen LogP contribution in [0.5, 0.6) is 0 Å². The Labute approximate surface area is 107 Å². The molecule has 2 aromatic heterocycles. The van der Waals surface area contributed by atoms with E-state index in [2.05, 4.69) is 19.9 Å². The largest absolute Gasteiger partial charge is 0.383 e. The zero-order chi connectivity index (χ0) is 13.4. The zero-order valence-corrected chi connectivity index (χ0v) is 9.89. The Balaban J connectivity index is 2.03. The molecular formula is C12H11FN6. The number of nitrogens with two attached hydrogens (primary N) is 2. The van der Waals surface area contributed by atoms with Crippen molar-refractivity contribution in [2.45, 2.75) is 6.42 Å². The van der Waals surface area contributed by atoms with Crippen LogP contribution in [0.2, 0.25) is 0 Å². The van der Waals surface area contributed by atoms with Gasteiger partial charge in [0.05, 0.1) is 11.8 Å². The van der Waals surface area contributed by atoms with Gasteiger partial charge in [-0.3, -0.25) is 0 Å². The van der Waals surface area contributed by atoms with Crippen molar-refractivity contribution in [1.82, 2.24) is 19.9 Å². The molecule has 7 heteroatoms. The monoisotopic (exact) mass is 258 g/mol. The van der Waals surface area contributed by atoms with Crippen LogP contribution in [-0.4, -0.2) is 19.9 Å². The Kier molecular flexibility index (Phi) is 2.52. The summed E-state index contributed by atoms with van der Waals surface area (Å²) in [5.74, 6) is -0.00604. The maximum Gasteiger partial charge on any atom is 0.221 e. The molecule has 0 saturated heterocycles. The highest BCUT2D eigenvalue weighted by Crippen LogP contribution is 2.22. The number of nitrogens with one attached hydrogen (secondary N) is 1. The number of nitrogens with zero attached hydrogens (tertiary/aromatic N) is 3. The van der Waals surface area contributed by atoms with Crippen molar-refractivity contribution in [3.05, 3.63) is 41.6 Å². The van der Waals surface area contributed by atoms with Crippen molar-refractivity contribution in [3.8, 4) is 0 Å². The first-order valence-corrected chi connectivity index (χ1v) is 5.62. The molecule has 5 N–H and O–H groups in total. The van der Waals surface area contributed by atoms with Crippen molar-refractivity contribution < 1.29 is 4.39 Å². The minimum absolute atomic E-state index is 0.101. The quantitative estimate of drug-likeness (QED) is 0.641. The number of H-pyrrole nitrogens is 1. The molecule has 3 rings (SSSR count). The minimum atomic E-state index is -0.366. The molecule has 0 fully saturated rings. The van der Waals surface area contributed by atoms with E-state index in [0.29, 0.717) is 28.6 Å². The van der Waals surface area contributed by atoms with E-state index in [1.807, 2.05) is 0 Å². The third-order valence-corrected chi connectivity index (χ3v) is 2.91. The molecule has 0 atom stereocenters. The van der Waals surface area contributed by atoms with Gasteiger partial charge in [-0.15, -0.1) is 0 Å². The number of aromatic amines is 1. The van der Waals surface area contributed by atoms with Gasteiger partial charge >= 0.3 is 0 Å². The molecule has 96 valence electrons. The molecule has 3 aromatic rings. The van der Waals surface area contributed by atoms with Gasteiger partial charge in [-0.05, 0) is 11.6 Å². The maximum atomic E-state index is 14.2. The second kappa shape index (κ2) is 4.20. The normalized spacial score (nSPS) is 11.0. The van der Waals surface area contributed by atoms with Crippen molar-refractivity contribution >= 4 is 22.8 Å². The first kappa shape index (κ1) is 11.4. The first-order valence-electron chi connectivity index (χ1n) is 5.62. The summed E-state index contributed by atoms with van der Waals surface area (Å²) in [7, 11) is 0. The molecule has 0 bridgehead atoms. The fraction of sp³-hybridized carbons (Fsp3) is 0.0833. The number of halogens is 1. The van der Waals surface area contributed by atoms with E-state index in [4.69, 9.17) is 11.5 Å². The van der Waals surface area contributed by atoms with E-state index in [9.17, 15) is 4.39 Å². The van der Waals surface area contributed by atoms with E-state index in [1.54, 1.807) is 12.1 Å². The Morgan fingerprint density at radius 2 is 2.00 bits per heavy atom. The van der Waals surface area contributed by atoms with Crippen LogP contribution in [0.3, 0.4) is 0 Å². The molecule has 19 heavy (non-hydrogen) atoms. The van der Waals surface area contributed by atoms with Gasteiger partial charge in [-0.1, -0.05) is 6.07 Å². The summed E-state index contributed by atoms with van der Waals surface area (Å²) in [5.41, 5.74) is 13.2. The lowest BCUT2D eigenvalue weighted by Gasteiger charge is -2.06. The maximum absolute atomic E-state index is 14.2. The van der Waals surface area contributed by atoms with E-state index >= 15 is 0 Å². The number of rotatable bonds is 2. The average Bonchev–Trinajstić information content (AvgIpc) is 2.85. The summed E-state index contributed by atoms with van der Waals surface area (Å²) in [5, 5.41) is 0. The van der Waals surface area contributed by atoms with Gasteiger partial charge in [0.2, 0.25) is 5.95 Å². The number of hydrogen-bond acceptors (Lipinski definition) is 5. The highest BCUT2D eigenvalue weighted by molar-refractivity contribution is 5.76. The van der Waals surface area contributed by atoms with Crippen LogP contribution in [0.1, 0.15) is 11.1 Å². The summed E-state index contributed by atoms with van der Waals surface area (Å²) >= 11 is 0. The highest BCUT2D eigenvalue weighted by atomic mass is 19.1. The van der Waals surface area contributed by atoms with Crippen LogP contribution in [0.25, 0.3) is 11.0 Å². The van der Waals surface area contributed by atoms with Crippen molar-refractivity contribution in [3.63, 3.8) is 0 Å². The second-order valence-corrected chi connectivity index (χ2v) is 4.15.